The minimum atomic E-state index is -0.688. The van der Waals surface area contributed by atoms with E-state index in [0.717, 1.165) is 0 Å². The number of nitrogens with zero attached hydrogens (tertiary/aromatic N) is 5. The number of carbonyl (C=O) groups excluding carboxylic acids is 1. The normalized spacial score (nSPS) is 17.5. The summed E-state index contributed by atoms with van der Waals surface area (Å²) in [7, 11) is 2.92. The summed E-state index contributed by atoms with van der Waals surface area (Å²) in [5, 5.41) is 15.3. The molecule has 0 unspecified atom stereocenters. The fourth-order valence-electron chi connectivity index (χ4n) is 4.37. The van der Waals surface area contributed by atoms with E-state index < -0.39 is 5.72 Å². The molecule has 3 aromatic rings. The first kappa shape index (κ1) is 22.7. The molecule has 4 heterocycles. The Kier molecular flexibility index (Phi) is 5.79. The highest BCUT2D eigenvalue weighted by Crippen LogP contribution is 2.31. The highest BCUT2D eigenvalue weighted by atomic mass is 19.1. The van der Waals surface area contributed by atoms with Gasteiger partial charge in [0.1, 0.15) is 17.4 Å². The van der Waals surface area contributed by atoms with Crippen molar-refractivity contribution in [1.29, 1.82) is 0 Å². The van der Waals surface area contributed by atoms with Crippen LogP contribution in [0.25, 0.3) is 5.65 Å². The number of likely N-dealkylation sites (tertiary alicyclic amines) is 1. The van der Waals surface area contributed by atoms with Crippen LogP contribution < -0.4 is 15.4 Å². The predicted molar refractivity (Wildman–Crippen MR) is 125 cm³/mol. The van der Waals surface area contributed by atoms with E-state index in [4.69, 9.17) is 19.3 Å². The van der Waals surface area contributed by atoms with Crippen molar-refractivity contribution in [3.8, 4) is 5.75 Å². The van der Waals surface area contributed by atoms with Crippen molar-refractivity contribution in [2.75, 3.05) is 32.6 Å². The standard InChI is InChI=1S/C23H26FN7O4/c1-14(16-12-15(24)4-5-18(16)33-2)26-19-6-9-31-21(27-19)17(13-25-31)20-28-23(35-29-20)7-10-30(11-8-23)22(32)34-3/h4-6,9,12-14H,7-8,10-11H2,1-3H3,(H,26,27)(H,28,29)/t14-/m1/s1. The van der Waals surface area contributed by atoms with Crippen molar-refractivity contribution in [2.45, 2.75) is 31.5 Å². The molecule has 1 fully saturated rings. The van der Waals surface area contributed by atoms with Gasteiger partial charge in [-0.1, -0.05) is 5.16 Å². The lowest BCUT2D eigenvalue weighted by Crippen LogP contribution is -2.54. The van der Waals surface area contributed by atoms with Gasteiger partial charge in [0.05, 0.1) is 32.0 Å². The summed E-state index contributed by atoms with van der Waals surface area (Å²) < 4.78 is 25.7. The van der Waals surface area contributed by atoms with Crippen LogP contribution in [-0.4, -0.2) is 64.5 Å². The van der Waals surface area contributed by atoms with E-state index in [2.05, 4.69) is 20.9 Å². The molecule has 11 nitrogen and oxygen atoms in total. The highest BCUT2D eigenvalue weighted by molar-refractivity contribution is 6.04. The number of carbonyl (C=O) groups is 1. The monoisotopic (exact) mass is 483 g/mol. The van der Waals surface area contributed by atoms with E-state index >= 15 is 0 Å². The summed E-state index contributed by atoms with van der Waals surface area (Å²) in [5.74, 6) is 1.35. The molecule has 0 saturated carbocycles. The molecule has 35 heavy (non-hydrogen) atoms. The van der Waals surface area contributed by atoms with Crippen molar-refractivity contribution in [1.82, 2.24) is 24.8 Å². The summed E-state index contributed by atoms with van der Waals surface area (Å²) in [6.07, 6.45) is 4.22. The minimum Gasteiger partial charge on any atom is -0.496 e. The predicted octanol–water partition coefficient (Wildman–Crippen LogP) is 2.89. The molecule has 5 rings (SSSR count). The summed E-state index contributed by atoms with van der Waals surface area (Å²) in [5.41, 5.74) is 1.24. The number of nitrogens with one attached hydrogen (secondary N) is 2. The Morgan fingerprint density at radius 2 is 2.09 bits per heavy atom. The average Bonchev–Trinajstić information content (AvgIpc) is 3.48. The van der Waals surface area contributed by atoms with Gasteiger partial charge in [0.2, 0.25) is 5.72 Å². The number of amides is 1. The van der Waals surface area contributed by atoms with E-state index in [1.165, 1.54) is 19.2 Å². The first-order valence-electron chi connectivity index (χ1n) is 11.2. The van der Waals surface area contributed by atoms with Crippen molar-refractivity contribution in [2.24, 2.45) is 5.16 Å². The summed E-state index contributed by atoms with van der Waals surface area (Å²) in [6.45, 7) is 2.89. The van der Waals surface area contributed by atoms with Crippen molar-refractivity contribution >= 4 is 23.4 Å². The van der Waals surface area contributed by atoms with Gasteiger partial charge in [-0.15, -0.1) is 0 Å². The molecular formula is C23H26FN7O4. The van der Waals surface area contributed by atoms with Gasteiger partial charge in [-0.25, -0.2) is 18.7 Å². The first-order chi connectivity index (χ1) is 16.9. The third-order valence-electron chi connectivity index (χ3n) is 6.31. The number of hydrogen-bond donors (Lipinski definition) is 2. The Hall–Kier alpha value is -4.09. The zero-order valence-corrected chi connectivity index (χ0v) is 19.6. The Morgan fingerprint density at radius 3 is 2.83 bits per heavy atom. The zero-order chi connectivity index (χ0) is 24.6. The van der Waals surface area contributed by atoms with Gasteiger partial charge < -0.3 is 29.8 Å². The van der Waals surface area contributed by atoms with Gasteiger partial charge in [-0.05, 0) is 31.2 Å². The van der Waals surface area contributed by atoms with E-state index in [1.807, 2.05) is 6.92 Å². The number of hydrogen-bond acceptors (Lipinski definition) is 9. The molecule has 1 amide bonds. The maximum Gasteiger partial charge on any atom is 0.409 e. The summed E-state index contributed by atoms with van der Waals surface area (Å²) in [4.78, 5) is 23.9. The van der Waals surface area contributed by atoms with Crippen LogP contribution >= 0.6 is 0 Å². The number of benzene rings is 1. The molecule has 2 N–H and O–H groups in total. The maximum atomic E-state index is 13.8. The lowest BCUT2D eigenvalue weighted by atomic mass is 10.0. The van der Waals surface area contributed by atoms with Gasteiger partial charge in [-0.2, -0.15) is 5.10 Å². The first-order valence-corrected chi connectivity index (χ1v) is 11.2. The van der Waals surface area contributed by atoms with E-state index in [9.17, 15) is 9.18 Å². The van der Waals surface area contributed by atoms with Crippen LogP contribution in [-0.2, 0) is 9.57 Å². The molecule has 1 saturated heterocycles. The number of piperidine rings is 1. The van der Waals surface area contributed by atoms with Crippen LogP contribution in [0, 0.1) is 5.82 Å². The van der Waals surface area contributed by atoms with E-state index in [0.29, 0.717) is 60.1 Å². The van der Waals surface area contributed by atoms with E-state index in [-0.39, 0.29) is 18.0 Å². The molecule has 1 spiro atoms. The molecule has 0 aliphatic carbocycles. The van der Waals surface area contributed by atoms with Gasteiger partial charge in [0.15, 0.2) is 11.5 Å². The Balaban J connectivity index is 1.33. The number of oxime groups is 1. The summed E-state index contributed by atoms with van der Waals surface area (Å²) >= 11 is 0. The number of rotatable bonds is 5. The fraction of sp³-hybridized carbons (Fsp3) is 0.391. The minimum absolute atomic E-state index is 0.268. The van der Waals surface area contributed by atoms with Gasteiger partial charge in [-0.3, -0.25) is 0 Å². The van der Waals surface area contributed by atoms with Crippen LogP contribution in [0.1, 0.15) is 36.9 Å². The number of aromatic nitrogens is 3. The second-order valence-electron chi connectivity index (χ2n) is 8.50. The molecule has 2 aliphatic rings. The largest absolute Gasteiger partial charge is 0.496 e. The Bertz CT molecular complexity index is 1290. The lowest BCUT2D eigenvalue weighted by molar-refractivity contribution is -0.0718. The van der Waals surface area contributed by atoms with Crippen LogP contribution in [0.2, 0.25) is 0 Å². The molecule has 0 radical (unpaired) electrons. The van der Waals surface area contributed by atoms with Gasteiger partial charge in [0.25, 0.3) is 0 Å². The Morgan fingerprint density at radius 1 is 1.29 bits per heavy atom. The molecular weight excluding hydrogens is 457 g/mol. The van der Waals surface area contributed by atoms with E-state index in [1.54, 1.807) is 41.1 Å². The second kappa shape index (κ2) is 8.93. The smallest absolute Gasteiger partial charge is 0.409 e. The van der Waals surface area contributed by atoms with Crippen molar-refractivity contribution < 1.29 is 23.5 Å². The second-order valence-corrected chi connectivity index (χ2v) is 8.50. The molecule has 1 aromatic carbocycles. The molecule has 12 heteroatoms. The molecule has 2 aromatic heterocycles. The quantitative estimate of drug-likeness (QED) is 0.570. The summed E-state index contributed by atoms with van der Waals surface area (Å²) in [6, 6.07) is 5.93. The third kappa shape index (κ3) is 4.27. The molecule has 184 valence electrons. The third-order valence-corrected chi connectivity index (χ3v) is 6.31. The van der Waals surface area contributed by atoms with Crippen LogP contribution in [0.4, 0.5) is 15.0 Å². The lowest BCUT2D eigenvalue weighted by Gasteiger charge is -2.36. The SMILES string of the molecule is COC(=O)N1CCC2(CC1)NC(c1cnn3ccc(N[C@H](C)c4cc(F)ccc4OC)nc13)=NO2. The highest BCUT2D eigenvalue weighted by Gasteiger charge is 2.43. The molecule has 1 atom stereocenters. The topological polar surface area (TPSA) is 115 Å². The number of halogens is 1. The van der Waals surface area contributed by atoms with Crippen molar-refractivity contribution in [3.63, 3.8) is 0 Å². The number of anilines is 1. The van der Waals surface area contributed by atoms with Gasteiger partial charge >= 0.3 is 6.09 Å². The molecule has 0 bridgehead atoms. The number of ether oxygens (including phenoxy) is 2. The van der Waals surface area contributed by atoms with Gasteiger partial charge in [0, 0.05) is 37.7 Å². The van der Waals surface area contributed by atoms with Crippen molar-refractivity contribution in [3.05, 3.63) is 53.6 Å². The van der Waals surface area contributed by atoms with Crippen LogP contribution in [0.15, 0.2) is 41.8 Å². The maximum absolute atomic E-state index is 13.8. The Labute approximate surface area is 200 Å². The van der Waals surface area contributed by atoms with Crippen LogP contribution in [0.3, 0.4) is 0 Å². The molecule has 2 aliphatic heterocycles. The number of methoxy groups -OCH3 is 2. The number of amidine groups is 1. The van der Waals surface area contributed by atoms with Crippen LogP contribution in [0.5, 0.6) is 5.75 Å². The fourth-order valence-corrected chi connectivity index (χ4v) is 4.37. The zero-order valence-electron chi connectivity index (χ0n) is 19.6. The number of fused-ring (bicyclic) bond motifs is 1. The average molecular weight is 484 g/mol.